The van der Waals surface area contributed by atoms with Gasteiger partial charge in [-0.25, -0.2) is 9.78 Å². The first-order valence-corrected chi connectivity index (χ1v) is 8.26. The highest BCUT2D eigenvalue weighted by Crippen LogP contribution is 2.34. The van der Waals surface area contributed by atoms with Crippen LogP contribution in [0.2, 0.25) is 0 Å². The van der Waals surface area contributed by atoms with E-state index in [0.29, 0.717) is 25.6 Å². The molecule has 0 unspecified atom stereocenters. The molecule has 0 aliphatic carbocycles. The molecule has 116 valence electrons. The van der Waals surface area contributed by atoms with Gasteiger partial charge in [-0.1, -0.05) is 0 Å². The number of benzene rings is 1. The highest BCUT2D eigenvalue weighted by atomic mass is 79.9. The van der Waals surface area contributed by atoms with Gasteiger partial charge in [-0.2, -0.15) is 5.10 Å². The largest absolute Gasteiger partial charge is 0.480 e. The fourth-order valence-corrected chi connectivity index (χ4v) is 3.42. The minimum absolute atomic E-state index is 0.417. The van der Waals surface area contributed by atoms with Gasteiger partial charge in [0.1, 0.15) is 11.6 Å². The minimum Gasteiger partial charge on any atom is -0.480 e. The van der Waals surface area contributed by atoms with Crippen LogP contribution in [0.4, 0.5) is 10.9 Å². The fraction of sp³-hybridized carbons (Fsp3) is 0.0833. The van der Waals surface area contributed by atoms with Crippen LogP contribution in [-0.4, -0.2) is 28.9 Å². The summed E-state index contributed by atoms with van der Waals surface area (Å²) in [5, 5.41) is 15.0. The molecule has 1 aromatic heterocycles. The minimum atomic E-state index is -1.05. The van der Waals surface area contributed by atoms with E-state index in [0.717, 1.165) is 5.56 Å². The third-order valence-corrected chi connectivity index (χ3v) is 4.20. The van der Waals surface area contributed by atoms with Crippen LogP contribution in [0.5, 0.6) is 5.75 Å². The maximum atomic E-state index is 10.5. The molecule has 10 heteroatoms. The summed E-state index contributed by atoms with van der Waals surface area (Å²) in [7, 11) is 0. The Hall–Kier alpha value is -1.65. The van der Waals surface area contributed by atoms with Crippen LogP contribution in [0.1, 0.15) is 5.56 Å². The predicted octanol–water partition coefficient (Wildman–Crippen LogP) is 3.16. The average Bonchev–Trinajstić information content (AvgIpc) is 2.83. The lowest BCUT2D eigenvalue weighted by Crippen LogP contribution is -2.10. The summed E-state index contributed by atoms with van der Waals surface area (Å²) in [6.45, 7) is -0.419. The molecular weight excluding hydrogens is 440 g/mol. The van der Waals surface area contributed by atoms with Crippen LogP contribution in [-0.2, 0) is 4.79 Å². The summed E-state index contributed by atoms with van der Waals surface area (Å²) in [5.41, 5.74) is 9.05. The van der Waals surface area contributed by atoms with Crippen molar-refractivity contribution in [2.75, 3.05) is 17.8 Å². The van der Waals surface area contributed by atoms with E-state index in [9.17, 15) is 4.79 Å². The van der Waals surface area contributed by atoms with Gasteiger partial charge in [0.15, 0.2) is 6.61 Å². The van der Waals surface area contributed by atoms with Gasteiger partial charge >= 0.3 is 5.97 Å². The van der Waals surface area contributed by atoms with Crippen molar-refractivity contribution in [3.8, 4) is 5.75 Å². The zero-order chi connectivity index (χ0) is 16.1. The number of ether oxygens (including phenoxy) is 1. The van der Waals surface area contributed by atoms with Gasteiger partial charge in [0.05, 0.1) is 15.2 Å². The molecule has 0 spiro atoms. The summed E-state index contributed by atoms with van der Waals surface area (Å²) in [5.74, 6) is -0.190. The molecule has 0 fully saturated rings. The van der Waals surface area contributed by atoms with Crippen LogP contribution in [0.25, 0.3) is 0 Å². The van der Waals surface area contributed by atoms with Crippen molar-refractivity contribution in [3.63, 3.8) is 0 Å². The number of hydrogen-bond donors (Lipinski definition) is 3. The third kappa shape index (κ3) is 4.68. The second kappa shape index (κ2) is 7.56. The lowest BCUT2D eigenvalue weighted by Gasteiger charge is -2.09. The number of hydrazone groups is 1. The van der Waals surface area contributed by atoms with Crippen molar-refractivity contribution in [1.29, 1.82) is 0 Å². The smallest absolute Gasteiger partial charge is 0.341 e. The van der Waals surface area contributed by atoms with Gasteiger partial charge in [-0.05, 0) is 49.6 Å². The molecule has 0 saturated carbocycles. The van der Waals surface area contributed by atoms with Gasteiger partial charge in [-0.15, -0.1) is 11.3 Å². The number of nitrogens with two attached hydrogens (primary N) is 1. The van der Waals surface area contributed by atoms with E-state index in [1.165, 1.54) is 11.3 Å². The van der Waals surface area contributed by atoms with Gasteiger partial charge in [0.2, 0.25) is 5.13 Å². The molecule has 0 aliphatic heterocycles. The van der Waals surface area contributed by atoms with E-state index in [-0.39, 0.29) is 0 Å². The third-order valence-electron chi connectivity index (χ3n) is 2.26. The first kappa shape index (κ1) is 16.7. The standard InChI is InChI=1S/C12H10Br2N4O3S/c13-7-1-6(2-8(14)11(7)21-4-10(19)20)3-16-18-12-17-9(15)5-22-12/h1-3,5H,4,15H2,(H,17,18)(H,19,20). The zero-order valence-electron chi connectivity index (χ0n) is 10.9. The fourth-order valence-electron chi connectivity index (χ4n) is 1.43. The van der Waals surface area contributed by atoms with E-state index in [1.54, 1.807) is 23.7 Å². The number of rotatable bonds is 6. The second-order valence-electron chi connectivity index (χ2n) is 3.94. The number of thiazole rings is 1. The van der Waals surface area contributed by atoms with Crippen molar-refractivity contribution >= 4 is 66.3 Å². The molecule has 0 radical (unpaired) electrons. The predicted molar refractivity (Wildman–Crippen MR) is 92.7 cm³/mol. The zero-order valence-corrected chi connectivity index (χ0v) is 14.9. The van der Waals surface area contributed by atoms with E-state index in [1.807, 2.05) is 0 Å². The first-order valence-electron chi connectivity index (χ1n) is 5.79. The number of nitrogen functional groups attached to an aromatic ring is 1. The molecule has 0 atom stereocenters. The Kier molecular flexibility index (Phi) is 5.75. The maximum absolute atomic E-state index is 10.5. The molecule has 0 amide bonds. The van der Waals surface area contributed by atoms with E-state index in [2.05, 4.69) is 47.4 Å². The molecular formula is C12H10Br2N4O3S. The van der Waals surface area contributed by atoms with Crippen LogP contribution in [0, 0.1) is 0 Å². The number of halogens is 2. The van der Waals surface area contributed by atoms with Gasteiger partial charge in [0, 0.05) is 5.38 Å². The van der Waals surface area contributed by atoms with Crippen LogP contribution < -0.4 is 15.9 Å². The Balaban J connectivity index is 2.07. The van der Waals surface area contributed by atoms with Crippen molar-refractivity contribution in [3.05, 3.63) is 32.0 Å². The summed E-state index contributed by atoms with van der Waals surface area (Å²) < 4.78 is 6.41. The number of carbonyl (C=O) groups is 1. The van der Waals surface area contributed by atoms with E-state index < -0.39 is 12.6 Å². The van der Waals surface area contributed by atoms with Crippen molar-refractivity contribution in [2.45, 2.75) is 0 Å². The lowest BCUT2D eigenvalue weighted by atomic mass is 10.2. The highest BCUT2D eigenvalue weighted by molar-refractivity contribution is 9.11. The summed E-state index contributed by atoms with van der Waals surface area (Å²) in [6, 6.07) is 3.51. The van der Waals surface area contributed by atoms with Gasteiger partial charge in [-0.3, -0.25) is 5.43 Å². The number of carboxylic acids is 1. The Bertz CT molecular complexity index is 697. The molecule has 2 rings (SSSR count). The van der Waals surface area contributed by atoms with Gasteiger partial charge < -0.3 is 15.6 Å². The molecule has 0 aliphatic rings. The number of anilines is 2. The van der Waals surface area contributed by atoms with E-state index in [4.69, 9.17) is 15.6 Å². The van der Waals surface area contributed by atoms with Crippen molar-refractivity contribution < 1.29 is 14.6 Å². The second-order valence-corrected chi connectivity index (χ2v) is 6.51. The lowest BCUT2D eigenvalue weighted by molar-refractivity contribution is -0.139. The van der Waals surface area contributed by atoms with E-state index >= 15 is 0 Å². The summed E-state index contributed by atoms with van der Waals surface area (Å²) in [4.78, 5) is 14.6. The van der Waals surface area contributed by atoms with Crippen molar-refractivity contribution in [2.24, 2.45) is 5.10 Å². The number of aliphatic carboxylic acids is 1. The molecule has 1 heterocycles. The Morgan fingerprint density at radius 3 is 2.73 bits per heavy atom. The van der Waals surface area contributed by atoms with Crippen LogP contribution in [0.15, 0.2) is 31.6 Å². The Morgan fingerprint density at radius 2 is 2.18 bits per heavy atom. The van der Waals surface area contributed by atoms with Gasteiger partial charge in [0.25, 0.3) is 0 Å². The number of nitrogens with one attached hydrogen (secondary N) is 1. The van der Waals surface area contributed by atoms with Crippen LogP contribution >= 0.6 is 43.2 Å². The SMILES string of the molecule is Nc1csc(NN=Cc2cc(Br)c(OCC(=O)O)c(Br)c2)n1. The molecule has 0 bridgehead atoms. The molecule has 2 aromatic rings. The molecule has 7 nitrogen and oxygen atoms in total. The topological polar surface area (TPSA) is 110 Å². The molecule has 22 heavy (non-hydrogen) atoms. The Morgan fingerprint density at radius 1 is 1.50 bits per heavy atom. The number of aromatic nitrogens is 1. The quantitative estimate of drug-likeness (QED) is 0.461. The average molecular weight is 450 g/mol. The molecule has 0 saturated heterocycles. The highest BCUT2D eigenvalue weighted by Gasteiger charge is 2.10. The summed E-state index contributed by atoms with van der Waals surface area (Å²) >= 11 is 8.01. The number of nitrogens with zero attached hydrogens (tertiary/aromatic N) is 2. The normalized spacial score (nSPS) is 10.8. The monoisotopic (exact) mass is 448 g/mol. The number of hydrogen-bond acceptors (Lipinski definition) is 7. The van der Waals surface area contributed by atoms with Crippen LogP contribution in [0.3, 0.4) is 0 Å². The summed E-state index contributed by atoms with van der Waals surface area (Å²) in [6.07, 6.45) is 1.59. The molecule has 1 aromatic carbocycles. The Labute approximate surface area is 146 Å². The van der Waals surface area contributed by atoms with Crippen molar-refractivity contribution in [1.82, 2.24) is 4.98 Å². The number of carboxylic acid groups (broad SMARTS) is 1. The first-order chi connectivity index (χ1) is 10.5. The molecule has 4 N–H and O–H groups in total. The maximum Gasteiger partial charge on any atom is 0.341 e.